The largest absolute Gasteiger partial charge is 0.493 e. The molecule has 1 aromatic carbocycles. The third kappa shape index (κ3) is 3.77. The van der Waals surface area contributed by atoms with Gasteiger partial charge in [-0.2, -0.15) is 0 Å². The number of nitrogens with zero attached hydrogens (tertiary/aromatic N) is 3. The number of para-hydroxylation sites is 1. The Kier molecular flexibility index (Phi) is 4.71. The molecule has 1 aliphatic heterocycles. The summed E-state index contributed by atoms with van der Waals surface area (Å²) in [4.78, 5) is 17.0. The molecule has 0 aliphatic carbocycles. The van der Waals surface area contributed by atoms with Crippen molar-refractivity contribution in [1.29, 1.82) is 0 Å². The summed E-state index contributed by atoms with van der Waals surface area (Å²) in [6.45, 7) is 2.13. The Labute approximate surface area is 134 Å². The average Bonchev–Trinajstić information content (AvgIpc) is 2.61. The zero-order valence-electron chi connectivity index (χ0n) is 12.8. The molecule has 0 saturated carbocycles. The van der Waals surface area contributed by atoms with Crippen molar-refractivity contribution < 1.29 is 9.66 Å². The second-order valence-corrected chi connectivity index (χ2v) is 5.68. The lowest BCUT2D eigenvalue weighted by atomic mass is 9.99. The van der Waals surface area contributed by atoms with E-state index in [2.05, 4.69) is 4.98 Å². The van der Waals surface area contributed by atoms with E-state index in [1.54, 1.807) is 12.3 Å². The zero-order valence-corrected chi connectivity index (χ0v) is 12.8. The summed E-state index contributed by atoms with van der Waals surface area (Å²) in [6, 6.07) is 12.8. The number of ether oxygens (including phenoxy) is 1. The molecule has 1 saturated heterocycles. The number of hydrogen-bond donors (Lipinski definition) is 0. The molecule has 1 aromatic heterocycles. The molecule has 0 bridgehead atoms. The molecule has 0 radical (unpaired) electrons. The van der Waals surface area contributed by atoms with Crippen molar-refractivity contribution in [3.8, 4) is 5.75 Å². The minimum Gasteiger partial charge on any atom is -0.493 e. The van der Waals surface area contributed by atoms with E-state index in [1.165, 1.54) is 6.07 Å². The van der Waals surface area contributed by atoms with Crippen LogP contribution in [0.4, 0.5) is 11.5 Å². The van der Waals surface area contributed by atoms with Crippen molar-refractivity contribution >= 4 is 11.5 Å². The van der Waals surface area contributed by atoms with Crippen LogP contribution in [0.5, 0.6) is 5.75 Å². The third-order valence-corrected chi connectivity index (χ3v) is 4.01. The fourth-order valence-electron chi connectivity index (χ4n) is 2.90. The van der Waals surface area contributed by atoms with Crippen LogP contribution in [0, 0.1) is 16.0 Å². The molecule has 1 atom stereocenters. The number of benzene rings is 1. The van der Waals surface area contributed by atoms with Gasteiger partial charge in [0.15, 0.2) is 0 Å². The van der Waals surface area contributed by atoms with E-state index in [0.29, 0.717) is 18.3 Å². The molecule has 120 valence electrons. The number of aromatic nitrogens is 1. The van der Waals surface area contributed by atoms with Crippen LogP contribution < -0.4 is 9.64 Å². The second kappa shape index (κ2) is 7.09. The van der Waals surface area contributed by atoms with Gasteiger partial charge >= 0.3 is 5.69 Å². The maximum absolute atomic E-state index is 11.2. The Morgan fingerprint density at radius 3 is 2.87 bits per heavy atom. The molecule has 23 heavy (non-hydrogen) atoms. The van der Waals surface area contributed by atoms with Crippen LogP contribution in [0.2, 0.25) is 0 Å². The predicted octanol–water partition coefficient (Wildman–Crippen LogP) is 3.29. The van der Waals surface area contributed by atoms with Gasteiger partial charge in [0.05, 0.1) is 11.5 Å². The fraction of sp³-hybridized carbons (Fsp3) is 0.353. The predicted molar refractivity (Wildman–Crippen MR) is 87.8 cm³/mol. The van der Waals surface area contributed by atoms with Crippen LogP contribution in [0.3, 0.4) is 0 Å². The molecule has 6 nitrogen and oxygen atoms in total. The van der Waals surface area contributed by atoms with Gasteiger partial charge in [-0.3, -0.25) is 10.1 Å². The number of hydrogen-bond acceptors (Lipinski definition) is 5. The van der Waals surface area contributed by atoms with Crippen molar-refractivity contribution in [2.75, 3.05) is 24.6 Å². The van der Waals surface area contributed by atoms with Crippen LogP contribution in [-0.2, 0) is 0 Å². The number of piperidine rings is 1. The minimum atomic E-state index is -0.369. The normalized spacial score (nSPS) is 17.7. The van der Waals surface area contributed by atoms with Crippen molar-refractivity contribution in [2.24, 2.45) is 5.92 Å². The fourth-order valence-corrected chi connectivity index (χ4v) is 2.90. The van der Waals surface area contributed by atoms with E-state index >= 15 is 0 Å². The summed E-state index contributed by atoms with van der Waals surface area (Å²) in [6.07, 6.45) is 3.65. The van der Waals surface area contributed by atoms with Crippen LogP contribution >= 0.6 is 0 Å². The van der Waals surface area contributed by atoms with Gasteiger partial charge < -0.3 is 9.64 Å². The Bertz CT molecular complexity index is 663. The molecule has 2 heterocycles. The van der Waals surface area contributed by atoms with Gasteiger partial charge in [-0.05, 0) is 31.0 Å². The molecule has 0 amide bonds. The van der Waals surface area contributed by atoms with E-state index in [9.17, 15) is 10.1 Å². The standard InChI is InChI=1S/C17H19N3O3/c21-20(22)16-9-4-10-18-17(16)19-11-5-6-14(12-19)13-23-15-7-2-1-3-8-15/h1-4,7-10,14H,5-6,11-13H2. The van der Waals surface area contributed by atoms with Gasteiger partial charge in [0.25, 0.3) is 0 Å². The van der Waals surface area contributed by atoms with Gasteiger partial charge in [-0.1, -0.05) is 18.2 Å². The van der Waals surface area contributed by atoms with Crippen LogP contribution in [0.1, 0.15) is 12.8 Å². The highest BCUT2D eigenvalue weighted by molar-refractivity contribution is 5.57. The molecule has 2 aromatic rings. The molecule has 0 spiro atoms. The maximum Gasteiger partial charge on any atom is 0.311 e. The molecule has 6 heteroatoms. The van der Waals surface area contributed by atoms with Gasteiger partial charge in [0, 0.05) is 31.3 Å². The molecule has 0 N–H and O–H groups in total. The zero-order chi connectivity index (χ0) is 16.1. The molecule has 1 fully saturated rings. The van der Waals surface area contributed by atoms with Crippen LogP contribution in [-0.4, -0.2) is 29.6 Å². The Morgan fingerprint density at radius 2 is 2.09 bits per heavy atom. The van der Waals surface area contributed by atoms with E-state index in [0.717, 1.165) is 31.7 Å². The van der Waals surface area contributed by atoms with Crippen molar-refractivity contribution in [3.05, 3.63) is 58.8 Å². The molecular weight excluding hydrogens is 294 g/mol. The molecule has 1 aliphatic rings. The number of nitro groups is 1. The summed E-state index contributed by atoms with van der Waals surface area (Å²) in [5, 5.41) is 11.2. The van der Waals surface area contributed by atoms with Crippen molar-refractivity contribution in [1.82, 2.24) is 4.98 Å². The van der Waals surface area contributed by atoms with E-state index in [1.807, 2.05) is 35.2 Å². The SMILES string of the molecule is O=[N+]([O-])c1cccnc1N1CCCC(COc2ccccc2)C1. The quantitative estimate of drug-likeness (QED) is 0.626. The second-order valence-electron chi connectivity index (χ2n) is 5.68. The molecular formula is C17H19N3O3. The highest BCUT2D eigenvalue weighted by atomic mass is 16.6. The highest BCUT2D eigenvalue weighted by Crippen LogP contribution is 2.29. The van der Waals surface area contributed by atoms with Crippen LogP contribution in [0.25, 0.3) is 0 Å². The van der Waals surface area contributed by atoms with Gasteiger partial charge in [0.2, 0.25) is 5.82 Å². The lowest BCUT2D eigenvalue weighted by molar-refractivity contribution is -0.384. The Hall–Kier alpha value is -2.63. The Balaban J connectivity index is 1.65. The summed E-state index contributed by atoms with van der Waals surface area (Å²) >= 11 is 0. The number of pyridine rings is 1. The first-order valence-electron chi connectivity index (χ1n) is 7.76. The maximum atomic E-state index is 11.2. The third-order valence-electron chi connectivity index (χ3n) is 4.01. The van der Waals surface area contributed by atoms with Gasteiger partial charge in [-0.25, -0.2) is 4.98 Å². The van der Waals surface area contributed by atoms with Crippen molar-refractivity contribution in [3.63, 3.8) is 0 Å². The van der Waals surface area contributed by atoms with E-state index in [-0.39, 0.29) is 10.6 Å². The first-order chi connectivity index (χ1) is 11.2. The summed E-state index contributed by atoms with van der Waals surface area (Å²) < 4.78 is 5.83. The summed E-state index contributed by atoms with van der Waals surface area (Å²) in [5.74, 6) is 1.65. The summed E-state index contributed by atoms with van der Waals surface area (Å²) in [7, 11) is 0. The first kappa shape index (κ1) is 15.3. The van der Waals surface area contributed by atoms with Gasteiger partial charge in [0.1, 0.15) is 5.75 Å². The molecule has 3 rings (SSSR count). The van der Waals surface area contributed by atoms with Gasteiger partial charge in [-0.15, -0.1) is 0 Å². The lowest BCUT2D eigenvalue weighted by Crippen LogP contribution is -2.38. The first-order valence-corrected chi connectivity index (χ1v) is 7.76. The molecule has 1 unspecified atom stereocenters. The van der Waals surface area contributed by atoms with Crippen LogP contribution in [0.15, 0.2) is 48.7 Å². The van der Waals surface area contributed by atoms with E-state index in [4.69, 9.17) is 4.74 Å². The Morgan fingerprint density at radius 1 is 1.26 bits per heavy atom. The minimum absolute atomic E-state index is 0.0668. The van der Waals surface area contributed by atoms with E-state index < -0.39 is 0 Å². The van der Waals surface area contributed by atoms with Crippen molar-refractivity contribution in [2.45, 2.75) is 12.8 Å². The topological polar surface area (TPSA) is 68.5 Å². The lowest BCUT2D eigenvalue weighted by Gasteiger charge is -2.33. The highest BCUT2D eigenvalue weighted by Gasteiger charge is 2.26. The number of rotatable bonds is 5. The number of anilines is 1. The monoisotopic (exact) mass is 313 g/mol. The summed E-state index contributed by atoms with van der Waals surface area (Å²) in [5.41, 5.74) is 0.0668. The smallest absolute Gasteiger partial charge is 0.311 e. The average molecular weight is 313 g/mol.